The molecule has 1 saturated carbocycles. The summed E-state index contributed by atoms with van der Waals surface area (Å²) in [6.45, 7) is 12.0. The molecular weight excluding hydrogens is 246 g/mol. The minimum atomic E-state index is 0.556. The zero-order valence-corrected chi connectivity index (χ0v) is 14.0. The van der Waals surface area contributed by atoms with Crippen molar-refractivity contribution in [3.63, 3.8) is 0 Å². The van der Waals surface area contributed by atoms with Crippen molar-refractivity contribution in [1.82, 2.24) is 15.1 Å². The predicted molar refractivity (Wildman–Crippen MR) is 87.2 cm³/mol. The van der Waals surface area contributed by atoms with E-state index in [9.17, 15) is 0 Å². The maximum Gasteiger partial charge on any atom is 0.0223 e. The van der Waals surface area contributed by atoms with Crippen LogP contribution in [0.3, 0.4) is 0 Å². The van der Waals surface area contributed by atoms with Gasteiger partial charge in [0.2, 0.25) is 0 Å². The van der Waals surface area contributed by atoms with E-state index in [0.717, 1.165) is 12.6 Å². The fourth-order valence-corrected chi connectivity index (χ4v) is 4.42. The molecule has 2 aliphatic rings. The highest BCUT2D eigenvalue weighted by Crippen LogP contribution is 2.38. The standard InChI is InChI=1S/C17H35N3/c1-4-18-14-17(10-6-7-11-17)15-19(3)13-16-9-8-12-20(16)5-2/h16,18H,4-15H2,1-3H3. The van der Waals surface area contributed by atoms with E-state index < -0.39 is 0 Å². The SMILES string of the molecule is CCNCC1(CN(C)CC2CCCN2CC)CCCC1. The van der Waals surface area contributed by atoms with Crippen molar-refractivity contribution in [2.24, 2.45) is 5.41 Å². The highest BCUT2D eigenvalue weighted by molar-refractivity contribution is 4.90. The van der Waals surface area contributed by atoms with Gasteiger partial charge in [-0.1, -0.05) is 26.7 Å². The molecule has 3 heteroatoms. The first kappa shape index (κ1) is 16.3. The number of likely N-dealkylation sites (tertiary alicyclic amines) is 1. The molecule has 1 saturated heterocycles. The van der Waals surface area contributed by atoms with Crippen molar-refractivity contribution in [3.8, 4) is 0 Å². The third kappa shape index (κ3) is 4.19. The molecular formula is C17H35N3. The second-order valence-corrected chi connectivity index (χ2v) is 7.11. The van der Waals surface area contributed by atoms with E-state index in [1.807, 2.05) is 0 Å². The van der Waals surface area contributed by atoms with Crippen molar-refractivity contribution in [2.45, 2.75) is 58.4 Å². The molecule has 0 radical (unpaired) electrons. The van der Waals surface area contributed by atoms with Gasteiger partial charge in [0.15, 0.2) is 0 Å². The Hall–Kier alpha value is -0.120. The molecule has 3 nitrogen and oxygen atoms in total. The lowest BCUT2D eigenvalue weighted by molar-refractivity contribution is 0.137. The Morgan fingerprint density at radius 2 is 1.95 bits per heavy atom. The molecule has 1 N–H and O–H groups in total. The molecule has 118 valence electrons. The summed E-state index contributed by atoms with van der Waals surface area (Å²) in [5.74, 6) is 0. The topological polar surface area (TPSA) is 18.5 Å². The van der Waals surface area contributed by atoms with Crippen LogP contribution < -0.4 is 5.32 Å². The van der Waals surface area contributed by atoms with Gasteiger partial charge >= 0.3 is 0 Å². The average molecular weight is 281 g/mol. The van der Waals surface area contributed by atoms with Crippen molar-refractivity contribution in [3.05, 3.63) is 0 Å². The van der Waals surface area contributed by atoms with E-state index in [-0.39, 0.29) is 0 Å². The number of likely N-dealkylation sites (N-methyl/N-ethyl adjacent to an activating group) is 2. The molecule has 1 aliphatic carbocycles. The van der Waals surface area contributed by atoms with Crippen LogP contribution in [-0.2, 0) is 0 Å². The quantitative estimate of drug-likeness (QED) is 0.738. The van der Waals surface area contributed by atoms with Gasteiger partial charge < -0.3 is 10.2 Å². The van der Waals surface area contributed by atoms with Crippen molar-refractivity contribution in [1.29, 1.82) is 0 Å². The van der Waals surface area contributed by atoms with E-state index >= 15 is 0 Å². The minimum absolute atomic E-state index is 0.556. The Kier molecular flexibility index (Phi) is 6.31. The molecule has 1 heterocycles. The molecule has 2 fully saturated rings. The molecule has 1 unspecified atom stereocenters. The summed E-state index contributed by atoms with van der Waals surface area (Å²) < 4.78 is 0. The predicted octanol–water partition coefficient (Wildman–Crippen LogP) is 2.57. The first-order valence-electron chi connectivity index (χ1n) is 8.82. The molecule has 0 amide bonds. The molecule has 0 aromatic carbocycles. The second-order valence-electron chi connectivity index (χ2n) is 7.11. The Balaban J connectivity index is 1.83. The van der Waals surface area contributed by atoms with Crippen molar-refractivity contribution >= 4 is 0 Å². The zero-order chi connectivity index (χ0) is 14.4. The van der Waals surface area contributed by atoms with Crippen molar-refractivity contribution in [2.75, 3.05) is 46.3 Å². The van der Waals surface area contributed by atoms with E-state index in [2.05, 4.69) is 36.0 Å². The zero-order valence-electron chi connectivity index (χ0n) is 14.0. The van der Waals surface area contributed by atoms with Crippen LogP contribution >= 0.6 is 0 Å². The third-order valence-corrected chi connectivity index (χ3v) is 5.45. The van der Waals surface area contributed by atoms with E-state index in [0.29, 0.717) is 5.41 Å². The maximum absolute atomic E-state index is 3.61. The normalized spacial score (nSPS) is 26.7. The Morgan fingerprint density at radius 3 is 2.60 bits per heavy atom. The van der Waals surface area contributed by atoms with Gasteiger partial charge in [-0.05, 0) is 57.8 Å². The summed E-state index contributed by atoms with van der Waals surface area (Å²) in [6, 6.07) is 0.808. The molecule has 0 aromatic rings. The molecule has 0 aromatic heterocycles. The smallest absolute Gasteiger partial charge is 0.0223 e. The summed E-state index contributed by atoms with van der Waals surface area (Å²) >= 11 is 0. The second kappa shape index (κ2) is 7.77. The van der Waals surface area contributed by atoms with Gasteiger partial charge in [0, 0.05) is 25.7 Å². The highest BCUT2D eigenvalue weighted by Gasteiger charge is 2.35. The van der Waals surface area contributed by atoms with Crippen LogP contribution in [0, 0.1) is 5.41 Å². The summed E-state index contributed by atoms with van der Waals surface area (Å²) in [5, 5.41) is 3.61. The van der Waals surface area contributed by atoms with E-state index in [1.54, 1.807) is 0 Å². The van der Waals surface area contributed by atoms with Gasteiger partial charge in [0.05, 0.1) is 0 Å². The molecule has 1 aliphatic heterocycles. The van der Waals surface area contributed by atoms with Crippen LogP contribution in [-0.4, -0.2) is 62.2 Å². The fraction of sp³-hybridized carbons (Fsp3) is 1.00. The number of hydrogen-bond acceptors (Lipinski definition) is 3. The summed E-state index contributed by atoms with van der Waals surface area (Å²) in [5.41, 5.74) is 0.556. The van der Waals surface area contributed by atoms with Crippen LogP contribution in [0.25, 0.3) is 0 Å². The van der Waals surface area contributed by atoms with Gasteiger partial charge in [-0.25, -0.2) is 0 Å². The van der Waals surface area contributed by atoms with E-state index in [4.69, 9.17) is 0 Å². The van der Waals surface area contributed by atoms with Crippen LogP contribution in [0.5, 0.6) is 0 Å². The molecule has 20 heavy (non-hydrogen) atoms. The third-order valence-electron chi connectivity index (χ3n) is 5.45. The average Bonchev–Trinajstić information content (AvgIpc) is 3.06. The summed E-state index contributed by atoms with van der Waals surface area (Å²) in [4.78, 5) is 5.30. The Morgan fingerprint density at radius 1 is 1.20 bits per heavy atom. The summed E-state index contributed by atoms with van der Waals surface area (Å²) in [6.07, 6.45) is 8.51. The van der Waals surface area contributed by atoms with Gasteiger partial charge in [0.25, 0.3) is 0 Å². The van der Waals surface area contributed by atoms with Crippen LogP contribution in [0.2, 0.25) is 0 Å². The molecule has 0 spiro atoms. The Labute approximate surface area is 126 Å². The first-order valence-corrected chi connectivity index (χ1v) is 8.82. The maximum atomic E-state index is 3.61. The largest absolute Gasteiger partial charge is 0.316 e. The fourth-order valence-electron chi connectivity index (χ4n) is 4.42. The lowest BCUT2D eigenvalue weighted by Crippen LogP contribution is -2.45. The van der Waals surface area contributed by atoms with E-state index in [1.165, 1.54) is 71.2 Å². The summed E-state index contributed by atoms with van der Waals surface area (Å²) in [7, 11) is 2.35. The lowest BCUT2D eigenvalue weighted by Gasteiger charge is -2.36. The molecule has 0 bridgehead atoms. The number of nitrogens with one attached hydrogen (secondary N) is 1. The first-order chi connectivity index (χ1) is 9.69. The number of nitrogens with zero attached hydrogens (tertiary/aromatic N) is 2. The minimum Gasteiger partial charge on any atom is -0.316 e. The van der Waals surface area contributed by atoms with Crippen molar-refractivity contribution < 1.29 is 0 Å². The molecule has 2 rings (SSSR count). The van der Waals surface area contributed by atoms with Gasteiger partial charge in [-0.3, -0.25) is 4.90 Å². The number of rotatable bonds is 8. The Bertz CT molecular complexity index is 273. The van der Waals surface area contributed by atoms with Gasteiger partial charge in [-0.2, -0.15) is 0 Å². The molecule has 1 atom stereocenters. The number of hydrogen-bond donors (Lipinski definition) is 1. The van der Waals surface area contributed by atoms with Gasteiger partial charge in [0.1, 0.15) is 0 Å². The van der Waals surface area contributed by atoms with Crippen LogP contribution in [0.1, 0.15) is 52.4 Å². The van der Waals surface area contributed by atoms with Crippen LogP contribution in [0.15, 0.2) is 0 Å². The van der Waals surface area contributed by atoms with Crippen LogP contribution in [0.4, 0.5) is 0 Å². The van der Waals surface area contributed by atoms with Gasteiger partial charge in [-0.15, -0.1) is 0 Å². The monoisotopic (exact) mass is 281 g/mol. The lowest BCUT2D eigenvalue weighted by atomic mass is 9.85. The highest BCUT2D eigenvalue weighted by atomic mass is 15.2.